The zero-order chi connectivity index (χ0) is 21.6. The molecule has 0 aromatic heterocycles. The maximum absolute atomic E-state index is 11.8. The minimum absolute atomic E-state index is 0.176. The van der Waals surface area contributed by atoms with Gasteiger partial charge in [0.2, 0.25) is 5.91 Å². The van der Waals surface area contributed by atoms with Gasteiger partial charge < -0.3 is 10.4 Å². The lowest BCUT2D eigenvalue weighted by atomic mass is 9.98. The van der Waals surface area contributed by atoms with Crippen molar-refractivity contribution in [1.29, 1.82) is 0 Å². The van der Waals surface area contributed by atoms with Crippen molar-refractivity contribution in [3.63, 3.8) is 0 Å². The van der Waals surface area contributed by atoms with Crippen LogP contribution in [-0.2, 0) is 4.79 Å². The van der Waals surface area contributed by atoms with Crippen LogP contribution in [0.2, 0.25) is 0 Å². The van der Waals surface area contributed by atoms with E-state index < -0.39 is 5.60 Å². The third-order valence-corrected chi connectivity index (χ3v) is 4.54. The summed E-state index contributed by atoms with van der Waals surface area (Å²) >= 11 is 0. The third-order valence-electron chi connectivity index (χ3n) is 4.54. The average molecular weight is 402 g/mol. The Bertz CT molecular complexity index is 539. The van der Waals surface area contributed by atoms with E-state index in [1.807, 2.05) is 18.2 Å². The molecular formula is C26H43NO2. The molecule has 0 saturated heterocycles. The van der Waals surface area contributed by atoms with E-state index in [4.69, 9.17) is 0 Å². The van der Waals surface area contributed by atoms with Crippen LogP contribution in [-0.4, -0.2) is 23.2 Å². The summed E-state index contributed by atoms with van der Waals surface area (Å²) in [6, 6.07) is 0. The number of allylic oxidation sites excluding steroid dienone is 9. The van der Waals surface area contributed by atoms with E-state index in [0.29, 0.717) is 6.42 Å². The second-order valence-electron chi connectivity index (χ2n) is 7.77. The Kier molecular flexibility index (Phi) is 18.2. The van der Waals surface area contributed by atoms with Crippen molar-refractivity contribution in [2.75, 3.05) is 6.54 Å². The Morgan fingerprint density at radius 1 is 0.793 bits per heavy atom. The van der Waals surface area contributed by atoms with E-state index >= 15 is 0 Å². The molecule has 1 unspecified atom stereocenters. The first-order chi connectivity index (χ1) is 14.0. The Hall–Kier alpha value is -1.87. The fourth-order valence-corrected chi connectivity index (χ4v) is 2.67. The SMILES string of the molecule is CCCCC=CC=CCCC=CC=CC=CC(=O)NCC(C)(O)CCCCCC. The Balaban J connectivity index is 3.86. The van der Waals surface area contributed by atoms with Crippen LogP contribution >= 0.6 is 0 Å². The number of nitrogens with one attached hydrogen (secondary N) is 1. The van der Waals surface area contributed by atoms with Gasteiger partial charge in [-0.2, -0.15) is 0 Å². The molecule has 0 rings (SSSR count). The first kappa shape index (κ1) is 27.1. The zero-order valence-corrected chi connectivity index (χ0v) is 18.9. The van der Waals surface area contributed by atoms with Crippen LogP contribution in [0.3, 0.4) is 0 Å². The number of hydrogen-bond acceptors (Lipinski definition) is 2. The topological polar surface area (TPSA) is 49.3 Å². The molecule has 0 spiro atoms. The first-order valence-electron chi connectivity index (χ1n) is 11.3. The van der Waals surface area contributed by atoms with E-state index in [1.54, 1.807) is 13.0 Å². The van der Waals surface area contributed by atoms with Gasteiger partial charge in [-0.15, -0.1) is 0 Å². The summed E-state index contributed by atoms with van der Waals surface area (Å²) in [4.78, 5) is 11.8. The fourth-order valence-electron chi connectivity index (χ4n) is 2.67. The molecule has 0 heterocycles. The number of amides is 1. The quantitative estimate of drug-likeness (QED) is 0.164. The molecule has 0 bridgehead atoms. The molecule has 0 aliphatic rings. The number of aliphatic hydroxyl groups is 1. The molecule has 0 aliphatic carbocycles. The van der Waals surface area contributed by atoms with Crippen molar-refractivity contribution in [2.45, 2.75) is 90.6 Å². The Morgan fingerprint density at radius 2 is 1.38 bits per heavy atom. The highest BCUT2D eigenvalue weighted by Gasteiger charge is 2.19. The summed E-state index contributed by atoms with van der Waals surface area (Å²) in [6.45, 7) is 6.44. The molecule has 0 aliphatic heterocycles. The lowest BCUT2D eigenvalue weighted by Crippen LogP contribution is -2.40. The van der Waals surface area contributed by atoms with E-state index in [1.165, 1.54) is 31.8 Å². The average Bonchev–Trinajstić information content (AvgIpc) is 2.70. The number of carbonyl (C=O) groups is 1. The van der Waals surface area contributed by atoms with Crippen molar-refractivity contribution >= 4 is 5.91 Å². The zero-order valence-electron chi connectivity index (χ0n) is 18.9. The van der Waals surface area contributed by atoms with Crippen LogP contribution < -0.4 is 5.32 Å². The summed E-state index contributed by atoms with van der Waals surface area (Å²) in [5.41, 5.74) is -0.838. The van der Waals surface area contributed by atoms with Crippen LogP contribution in [0.4, 0.5) is 0 Å². The molecule has 3 nitrogen and oxygen atoms in total. The minimum Gasteiger partial charge on any atom is -0.388 e. The molecule has 2 N–H and O–H groups in total. The van der Waals surface area contributed by atoms with Gasteiger partial charge in [-0.1, -0.05) is 107 Å². The molecule has 164 valence electrons. The van der Waals surface area contributed by atoms with Crippen molar-refractivity contribution in [1.82, 2.24) is 5.32 Å². The number of rotatable bonds is 17. The van der Waals surface area contributed by atoms with Gasteiger partial charge in [-0.25, -0.2) is 0 Å². The van der Waals surface area contributed by atoms with Crippen molar-refractivity contribution in [3.05, 3.63) is 60.8 Å². The van der Waals surface area contributed by atoms with E-state index in [0.717, 1.165) is 32.1 Å². The van der Waals surface area contributed by atoms with Crippen molar-refractivity contribution < 1.29 is 9.90 Å². The molecular weight excluding hydrogens is 358 g/mol. The second kappa shape index (κ2) is 19.4. The third kappa shape index (κ3) is 20.7. The molecule has 0 aromatic carbocycles. The lowest BCUT2D eigenvalue weighted by molar-refractivity contribution is -0.117. The highest BCUT2D eigenvalue weighted by Crippen LogP contribution is 2.14. The summed E-state index contributed by atoms with van der Waals surface area (Å²) in [5, 5.41) is 13.1. The van der Waals surface area contributed by atoms with Gasteiger partial charge in [0.05, 0.1) is 5.60 Å². The largest absolute Gasteiger partial charge is 0.388 e. The standard InChI is InChI=1S/C26H43NO2/c1-4-6-8-10-11-12-13-14-15-16-17-18-19-20-22-25(28)27-24-26(3,29)23-21-9-7-5-2/h10-13,16-20,22,29H,4-9,14-15,21,23-24H2,1-3H3,(H,27,28). The number of hydrogen-bond donors (Lipinski definition) is 2. The highest BCUT2D eigenvalue weighted by molar-refractivity contribution is 5.87. The highest BCUT2D eigenvalue weighted by atomic mass is 16.3. The summed E-state index contributed by atoms with van der Waals surface area (Å²) in [7, 11) is 0. The molecule has 3 heteroatoms. The molecule has 0 aromatic rings. The molecule has 0 radical (unpaired) electrons. The monoisotopic (exact) mass is 401 g/mol. The van der Waals surface area contributed by atoms with Gasteiger partial charge in [0.25, 0.3) is 0 Å². The van der Waals surface area contributed by atoms with Crippen LogP contribution in [0.25, 0.3) is 0 Å². The predicted octanol–water partition coefficient (Wildman–Crippen LogP) is 6.58. The first-order valence-corrected chi connectivity index (χ1v) is 11.3. The number of unbranched alkanes of at least 4 members (excludes halogenated alkanes) is 6. The normalized spacial score (nSPS) is 14.8. The molecule has 0 saturated carbocycles. The second-order valence-corrected chi connectivity index (χ2v) is 7.77. The summed E-state index contributed by atoms with van der Waals surface area (Å²) in [6.07, 6.45) is 30.6. The fraction of sp³-hybridized carbons (Fsp3) is 0.577. The molecule has 29 heavy (non-hydrogen) atoms. The summed E-state index contributed by atoms with van der Waals surface area (Å²) < 4.78 is 0. The van der Waals surface area contributed by atoms with E-state index in [9.17, 15) is 9.90 Å². The van der Waals surface area contributed by atoms with Gasteiger partial charge >= 0.3 is 0 Å². The number of carbonyl (C=O) groups excluding carboxylic acids is 1. The van der Waals surface area contributed by atoms with Crippen LogP contribution in [0.15, 0.2) is 60.8 Å². The van der Waals surface area contributed by atoms with Crippen LogP contribution in [0.1, 0.15) is 85.0 Å². The maximum atomic E-state index is 11.8. The maximum Gasteiger partial charge on any atom is 0.244 e. The van der Waals surface area contributed by atoms with Crippen molar-refractivity contribution in [2.24, 2.45) is 0 Å². The molecule has 0 fully saturated rings. The lowest BCUT2D eigenvalue weighted by Gasteiger charge is -2.23. The van der Waals surface area contributed by atoms with Crippen molar-refractivity contribution in [3.8, 4) is 0 Å². The molecule has 1 amide bonds. The Morgan fingerprint density at radius 3 is 2.03 bits per heavy atom. The molecule has 1 atom stereocenters. The van der Waals surface area contributed by atoms with E-state index in [2.05, 4.69) is 49.5 Å². The van der Waals surface area contributed by atoms with Gasteiger partial charge in [-0.05, 0) is 32.6 Å². The Labute approximate surface area is 179 Å². The van der Waals surface area contributed by atoms with Gasteiger partial charge in [0.15, 0.2) is 0 Å². The van der Waals surface area contributed by atoms with E-state index in [-0.39, 0.29) is 12.5 Å². The summed E-state index contributed by atoms with van der Waals surface area (Å²) in [5.74, 6) is -0.176. The minimum atomic E-state index is -0.838. The van der Waals surface area contributed by atoms with Gasteiger partial charge in [0.1, 0.15) is 0 Å². The smallest absolute Gasteiger partial charge is 0.244 e. The van der Waals surface area contributed by atoms with Gasteiger partial charge in [-0.3, -0.25) is 4.79 Å². The predicted molar refractivity (Wildman–Crippen MR) is 127 cm³/mol. The van der Waals surface area contributed by atoms with Gasteiger partial charge in [0, 0.05) is 12.6 Å². The van der Waals surface area contributed by atoms with Crippen LogP contribution in [0.5, 0.6) is 0 Å². The van der Waals surface area contributed by atoms with Crippen LogP contribution in [0, 0.1) is 0 Å².